The molecule has 0 aliphatic carbocycles. The highest BCUT2D eigenvalue weighted by molar-refractivity contribution is 6.05. The Morgan fingerprint density at radius 1 is 1.14 bits per heavy atom. The van der Waals surface area contributed by atoms with Gasteiger partial charge in [0.15, 0.2) is 5.69 Å². The van der Waals surface area contributed by atoms with Crippen LogP contribution < -0.4 is 21.9 Å². The summed E-state index contributed by atoms with van der Waals surface area (Å²) < 4.78 is 8.47. The molecule has 0 aliphatic rings. The van der Waals surface area contributed by atoms with Crippen LogP contribution in [-0.4, -0.2) is 33.7 Å². The third-order valence-electron chi connectivity index (χ3n) is 5.92. The molecular formula is C26H33N5O4. The smallest absolute Gasteiger partial charge is 0.330 e. The van der Waals surface area contributed by atoms with E-state index >= 15 is 0 Å². The number of ether oxygens (including phenoxy) is 1. The van der Waals surface area contributed by atoms with Crippen LogP contribution >= 0.6 is 0 Å². The molecule has 1 aromatic carbocycles. The molecule has 0 bridgehead atoms. The summed E-state index contributed by atoms with van der Waals surface area (Å²) in [6.45, 7) is 7.53. The third-order valence-corrected chi connectivity index (χ3v) is 5.92. The summed E-state index contributed by atoms with van der Waals surface area (Å²) >= 11 is 0. The van der Waals surface area contributed by atoms with Crippen LogP contribution in [0.1, 0.15) is 35.9 Å². The van der Waals surface area contributed by atoms with Gasteiger partial charge in [-0.25, -0.2) is 4.79 Å². The molecular weight excluding hydrogens is 446 g/mol. The van der Waals surface area contributed by atoms with E-state index in [0.717, 1.165) is 35.5 Å². The maximum atomic E-state index is 13.5. The van der Waals surface area contributed by atoms with Gasteiger partial charge in [0, 0.05) is 31.1 Å². The predicted molar refractivity (Wildman–Crippen MR) is 138 cm³/mol. The first kappa shape index (κ1) is 25.8. The Kier molecular flexibility index (Phi) is 8.48. The van der Waals surface area contributed by atoms with Crippen molar-refractivity contribution in [3.05, 3.63) is 85.8 Å². The van der Waals surface area contributed by atoms with Crippen molar-refractivity contribution in [1.29, 1.82) is 0 Å². The number of nitrogen functional groups attached to an aromatic ring is 1. The van der Waals surface area contributed by atoms with Crippen LogP contribution in [-0.2, 0) is 29.2 Å². The zero-order valence-corrected chi connectivity index (χ0v) is 20.7. The molecule has 3 aromatic rings. The Morgan fingerprint density at radius 2 is 1.86 bits per heavy atom. The number of H-pyrrole nitrogens is 1. The minimum Gasteiger partial charge on any atom is -0.383 e. The first-order chi connectivity index (χ1) is 16.8. The van der Waals surface area contributed by atoms with Crippen molar-refractivity contribution < 1.29 is 9.53 Å². The fraction of sp³-hybridized carbons (Fsp3) is 0.346. The molecule has 186 valence electrons. The highest BCUT2D eigenvalue weighted by Crippen LogP contribution is 2.22. The topological polar surface area (TPSA) is 115 Å². The molecule has 1 amide bonds. The number of hydrogen-bond donors (Lipinski definition) is 2. The Balaban J connectivity index is 2.06. The minimum absolute atomic E-state index is 0.0735. The number of hydrogen-bond acceptors (Lipinski definition) is 5. The number of aryl methyl sites for hydroxylation is 1. The third kappa shape index (κ3) is 5.81. The number of aromatic amines is 1. The molecule has 35 heavy (non-hydrogen) atoms. The van der Waals surface area contributed by atoms with Gasteiger partial charge in [0.25, 0.3) is 11.5 Å². The quantitative estimate of drug-likeness (QED) is 0.434. The Bertz CT molecular complexity index is 1320. The molecule has 0 saturated carbocycles. The predicted octanol–water partition coefficient (Wildman–Crippen LogP) is 2.84. The van der Waals surface area contributed by atoms with E-state index in [2.05, 4.69) is 16.5 Å². The van der Waals surface area contributed by atoms with Crippen molar-refractivity contribution >= 4 is 23.5 Å². The summed E-state index contributed by atoms with van der Waals surface area (Å²) in [5, 5.41) is 0. The molecule has 0 spiro atoms. The van der Waals surface area contributed by atoms with Crippen LogP contribution in [0.25, 0.3) is 6.08 Å². The van der Waals surface area contributed by atoms with E-state index in [-0.39, 0.29) is 31.2 Å². The van der Waals surface area contributed by atoms with Gasteiger partial charge >= 0.3 is 5.69 Å². The number of nitrogens with one attached hydrogen (secondary N) is 1. The molecule has 0 atom stereocenters. The molecule has 3 N–H and O–H groups in total. The highest BCUT2D eigenvalue weighted by atomic mass is 16.5. The van der Waals surface area contributed by atoms with E-state index in [9.17, 15) is 14.4 Å². The monoisotopic (exact) mass is 479 g/mol. The number of aromatic nitrogens is 3. The lowest BCUT2D eigenvalue weighted by atomic mass is 10.2. The van der Waals surface area contributed by atoms with Crippen LogP contribution in [0.2, 0.25) is 0 Å². The van der Waals surface area contributed by atoms with Crippen LogP contribution in [0.4, 0.5) is 11.5 Å². The molecule has 2 heterocycles. The zero-order chi connectivity index (χ0) is 25.5. The standard InChI is InChI=1S/C26H33N5O4/c1-5-13-29-18(2)16-21(19(29)3)11-12-22(32)31(17-20-9-7-6-8-10-20)23-24(27)30(14-15-35-4)26(34)28-25(23)33/h6-12,16H,5,13-15,17,27H2,1-4H3,(H,28,33,34)/b12-11+. The van der Waals surface area contributed by atoms with Gasteiger partial charge in [0.1, 0.15) is 5.82 Å². The summed E-state index contributed by atoms with van der Waals surface area (Å²) in [6.07, 6.45) is 4.19. The first-order valence-electron chi connectivity index (χ1n) is 11.6. The van der Waals surface area contributed by atoms with Gasteiger partial charge in [-0.05, 0) is 43.5 Å². The minimum atomic E-state index is -0.722. The number of nitrogens with zero attached hydrogens (tertiary/aromatic N) is 3. The lowest BCUT2D eigenvalue weighted by Crippen LogP contribution is -2.40. The van der Waals surface area contributed by atoms with E-state index in [0.29, 0.717) is 0 Å². The number of methoxy groups -OCH3 is 1. The van der Waals surface area contributed by atoms with E-state index in [1.807, 2.05) is 50.2 Å². The lowest BCUT2D eigenvalue weighted by molar-refractivity contribution is -0.114. The summed E-state index contributed by atoms with van der Waals surface area (Å²) in [7, 11) is 1.50. The van der Waals surface area contributed by atoms with E-state index in [1.165, 1.54) is 22.7 Å². The summed E-state index contributed by atoms with van der Waals surface area (Å²) in [6, 6.07) is 11.3. The number of nitrogens with two attached hydrogens (primary N) is 1. The summed E-state index contributed by atoms with van der Waals surface area (Å²) in [5.41, 5.74) is 8.74. The highest BCUT2D eigenvalue weighted by Gasteiger charge is 2.23. The van der Waals surface area contributed by atoms with Crippen LogP contribution in [0.3, 0.4) is 0 Å². The molecule has 0 aliphatic heterocycles. The first-order valence-corrected chi connectivity index (χ1v) is 11.6. The van der Waals surface area contributed by atoms with Crippen LogP contribution in [0, 0.1) is 13.8 Å². The largest absolute Gasteiger partial charge is 0.383 e. The van der Waals surface area contributed by atoms with Crippen molar-refractivity contribution in [3.8, 4) is 0 Å². The Morgan fingerprint density at radius 3 is 2.51 bits per heavy atom. The number of carbonyl (C=O) groups excluding carboxylic acids is 1. The summed E-state index contributed by atoms with van der Waals surface area (Å²) in [5.74, 6) is -0.516. The molecule has 0 radical (unpaired) electrons. The average molecular weight is 480 g/mol. The number of rotatable bonds is 10. The van der Waals surface area contributed by atoms with Crippen molar-refractivity contribution in [3.63, 3.8) is 0 Å². The normalized spacial score (nSPS) is 11.3. The molecule has 9 nitrogen and oxygen atoms in total. The van der Waals surface area contributed by atoms with Gasteiger partial charge in [-0.3, -0.25) is 24.0 Å². The SMILES string of the molecule is CCCn1c(C)cc(/C=C/C(=O)N(Cc2ccccc2)c2c(N)n(CCOC)c(=O)[nH]c2=O)c1C. The van der Waals surface area contributed by atoms with Gasteiger partial charge in [-0.1, -0.05) is 37.3 Å². The number of carbonyl (C=O) groups is 1. The fourth-order valence-corrected chi connectivity index (χ4v) is 4.09. The molecule has 3 rings (SSSR count). The number of benzene rings is 1. The van der Waals surface area contributed by atoms with Gasteiger partial charge in [0.05, 0.1) is 19.7 Å². The van der Waals surface area contributed by atoms with Gasteiger partial charge in [0.2, 0.25) is 0 Å². The van der Waals surface area contributed by atoms with Crippen molar-refractivity contribution in [1.82, 2.24) is 14.1 Å². The molecule has 0 unspecified atom stereocenters. The number of anilines is 2. The molecule has 9 heteroatoms. The van der Waals surface area contributed by atoms with Crippen molar-refractivity contribution in [2.45, 2.75) is 46.8 Å². The second kappa shape index (κ2) is 11.5. The second-order valence-electron chi connectivity index (χ2n) is 8.36. The average Bonchev–Trinajstić information content (AvgIpc) is 3.10. The molecule has 2 aromatic heterocycles. The van der Waals surface area contributed by atoms with Gasteiger partial charge in [-0.2, -0.15) is 0 Å². The summed E-state index contributed by atoms with van der Waals surface area (Å²) in [4.78, 5) is 42.3. The number of amides is 1. The van der Waals surface area contributed by atoms with E-state index < -0.39 is 17.2 Å². The lowest BCUT2D eigenvalue weighted by Gasteiger charge is -2.23. The second-order valence-corrected chi connectivity index (χ2v) is 8.36. The van der Waals surface area contributed by atoms with Crippen molar-refractivity contribution in [2.75, 3.05) is 24.4 Å². The Hall–Kier alpha value is -3.85. The molecule has 0 saturated heterocycles. The zero-order valence-electron chi connectivity index (χ0n) is 20.7. The van der Waals surface area contributed by atoms with Gasteiger partial charge < -0.3 is 15.0 Å². The Labute approximate surface area is 204 Å². The van der Waals surface area contributed by atoms with E-state index in [1.54, 1.807) is 6.08 Å². The van der Waals surface area contributed by atoms with Crippen LogP contribution in [0.15, 0.2) is 52.1 Å². The van der Waals surface area contributed by atoms with Crippen molar-refractivity contribution in [2.24, 2.45) is 0 Å². The fourth-order valence-electron chi connectivity index (χ4n) is 4.09. The maximum absolute atomic E-state index is 13.5. The van der Waals surface area contributed by atoms with Gasteiger partial charge in [-0.15, -0.1) is 0 Å². The van der Waals surface area contributed by atoms with E-state index in [4.69, 9.17) is 10.5 Å². The van der Waals surface area contributed by atoms with Crippen LogP contribution in [0.5, 0.6) is 0 Å². The maximum Gasteiger partial charge on any atom is 0.330 e. The molecule has 0 fully saturated rings.